The molecule has 0 amide bonds. The summed E-state index contributed by atoms with van der Waals surface area (Å²) in [4.78, 5) is 0. The second kappa shape index (κ2) is 1.48. The summed E-state index contributed by atoms with van der Waals surface area (Å²) < 4.78 is 5.10. The van der Waals surface area contributed by atoms with E-state index >= 15 is 0 Å². The van der Waals surface area contributed by atoms with Crippen LogP contribution in [0.3, 0.4) is 0 Å². The van der Waals surface area contributed by atoms with Gasteiger partial charge in [-0.25, -0.2) is 0 Å². The van der Waals surface area contributed by atoms with Crippen LogP contribution in [0.2, 0.25) is 0 Å². The minimum atomic E-state index is 0. The lowest BCUT2D eigenvalue weighted by Crippen LogP contribution is -1.97. The molecule has 1 aliphatic heterocycles. The molecule has 1 heteroatoms. The normalized spacial score (nSPS) is 33.9. The minimum absolute atomic E-state index is 0. The van der Waals surface area contributed by atoms with Gasteiger partial charge in [-0.05, 0) is 20.8 Å². The molecule has 0 aromatic carbocycles. The maximum absolute atomic E-state index is 5.10. The average Bonchev–Trinajstić information content (AvgIpc) is 1.73. The second-order valence-corrected chi connectivity index (χ2v) is 2.36. The molecule has 7 heavy (non-hydrogen) atoms. The van der Waals surface area contributed by atoms with Crippen LogP contribution < -0.4 is 0 Å². The van der Waals surface area contributed by atoms with Gasteiger partial charge in [-0.2, -0.15) is 0 Å². The second-order valence-electron chi connectivity index (χ2n) is 2.36. The first-order valence-corrected chi connectivity index (χ1v) is 2.31. The van der Waals surface area contributed by atoms with Gasteiger partial charge in [0.2, 0.25) is 0 Å². The van der Waals surface area contributed by atoms with Crippen molar-refractivity contribution in [1.82, 2.24) is 0 Å². The van der Waals surface area contributed by atoms with Crippen molar-refractivity contribution in [2.24, 2.45) is 0 Å². The van der Waals surface area contributed by atoms with E-state index in [1.165, 1.54) is 0 Å². The van der Waals surface area contributed by atoms with Gasteiger partial charge in [0.05, 0.1) is 11.7 Å². The maximum atomic E-state index is 5.10. The Kier molecular flexibility index (Phi) is 1.47. The summed E-state index contributed by atoms with van der Waals surface area (Å²) in [5, 5.41) is 0. The van der Waals surface area contributed by atoms with Crippen LogP contribution in [0.4, 0.5) is 0 Å². The average molecular weight is 102 g/mol. The van der Waals surface area contributed by atoms with Gasteiger partial charge in [0.25, 0.3) is 0 Å². The first-order chi connectivity index (χ1) is 2.63. The van der Waals surface area contributed by atoms with Gasteiger partial charge >= 0.3 is 0 Å². The van der Waals surface area contributed by atoms with E-state index in [4.69, 9.17) is 4.74 Å². The van der Waals surface area contributed by atoms with E-state index in [0.29, 0.717) is 6.10 Å². The lowest BCUT2D eigenvalue weighted by atomic mass is 10.2. The highest BCUT2D eigenvalue weighted by Crippen LogP contribution is 2.33. The zero-order valence-corrected chi connectivity index (χ0v) is 4.49. The van der Waals surface area contributed by atoms with Gasteiger partial charge in [-0.3, -0.25) is 0 Å². The molecule has 1 nitrogen and oxygen atoms in total. The topological polar surface area (TPSA) is 12.5 Å². The van der Waals surface area contributed by atoms with E-state index in [1.54, 1.807) is 0 Å². The van der Waals surface area contributed by atoms with E-state index in [2.05, 4.69) is 20.8 Å². The third-order valence-corrected chi connectivity index (χ3v) is 1.40. The van der Waals surface area contributed by atoms with Crippen molar-refractivity contribution in [1.29, 1.82) is 0 Å². The molecule has 0 aromatic heterocycles. The van der Waals surface area contributed by atoms with Crippen molar-refractivity contribution in [3.05, 3.63) is 0 Å². The first-order valence-electron chi connectivity index (χ1n) is 2.31. The first kappa shape index (κ1) is 6.96. The fourth-order valence-electron chi connectivity index (χ4n) is 0.422. The predicted octanol–water partition coefficient (Wildman–Crippen LogP) is 1.82. The van der Waals surface area contributed by atoms with E-state index in [9.17, 15) is 0 Å². The van der Waals surface area contributed by atoms with Crippen LogP contribution in [0.1, 0.15) is 28.2 Å². The molecule has 1 fully saturated rings. The molecule has 1 rings (SSSR count). The largest absolute Gasteiger partial charge is 0.367 e. The summed E-state index contributed by atoms with van der Waals surface area (Å²) in [7, 11) is 0. The quantitative estimate of drug-likeness (QED) is 0.425. The van der Waals surface area contributed by atoms with Crippen molar-refractivity contribution in [3.63, 3.8) is 0 Å². The predicted molar refractivity (Wildman–Crippen MR) is 31.4 cm³/mol. The molecule has 1 saturated heterocycles. The van der Waals surface area contributed by atoms with Crippen LogP contribution in [-0.2, 0) is 4.74 Å². The fraction of sp³-hybridized carbons (Fsp3) is 1.00. The molecule has 1 aliphatic rings. The van der Waals surface area contributed by atoms with E-state index in [0.717, 1.165) is 0 Å². The summed E-state index contributed by atoms with van der Waals surface area (Å²) >= 11 is 0. The van der Waals surface area contributed by atoms with Crippen molar-refractivity contribution in [2.75, 3.05) is 0 Å². The van der Waals surface area contributed by atoms with Crippen molar-refractivity contribution < 1.29 is 4.74 Å². The molecule has 0 N–H and O–H groups in total. The van der Waals surface area contributed by atoms with Crippen molar-refractivity contribution >= 4 is 0 Å². The van der Waals surface area contributed by atoms with E-state index < -0.39 is 0 Å². The fourth-order valence-corrected chi connectivity index (χ4v) is 0.422. The SMILES string of the molecule is C.CC1OC1(C)C. The monoisotopic (exact) mass is 102 g/mol. The zero-order chi connectivity index (χ0) is 4.78. The number of hydrogen-bond donors (Lipinski definition) is 0. The molecule has 1 unspecified atom stereocenters. The Balaban J connectivity index is 0.000000360. The highest BCUT2D eigenvalue weighted by atomic mass is 16.6. The van der Waals surface area contributed by atoms with Gasteiger partial charge in [-0.15, -0.1) is 0 Å². The van der Waals surface area contributed by atoms with Crippen LogP contribution >= 0.6 is 0 Å². The van der Waals surface area contributed by atoms with Crippen LogP contribution in [0.25, 0.3) is 0 Å². The molecule has 0 aliphatic carbocycles. The van der Waals surface area contributed by atoms with Gasteiger partial charge in [0.15, 0.2) is 0 Å². The standard InChI is InChI=1S/C5H10O.CH4/c1-4-5(2,3)6-4;/h4H,1-3H3;1H4. The summed E-state index contributed by atoms with van der Waals surface area (Å²) in [6.07, 6.45) is 0.498. The smallest absolute Gasteiger partial charge is 0.0889 e. The molecule has 0 saturated carbocycles. The lowest BCUT2D eigenvalue weighted by molar-refractivity contribution is 0.328. The number of hydrogen-bond acceptors (Lipinski definition) is 1. The Morgan fingerprint density at radius 1 is 1.43 bits per heavy atom. The zero-order valence-electron chi connectivity index (χ0n) is 4.49. The number of rotatable bonds is 0. The number of epoxide rings is 1. The van der Waals surface area contributed by atoms with Crippen molar-refractivity contribution in [3.8, 4) is 0 Å². The molecule has 1 heterocycles. The Morgan fingerprint density at radius 3 is 1.57 bits per heavy atom. The third kappa shape index (κ3) is 1.16. The highest BCUT2D eigenvalue weighted by molar-refractivity contribution is 4.90. The highest BCUT2D eigenvalue weighted by Gasteiger charge is 2.43. The molecular formula is C6H14O. The van der Waals surface area contributed by atoms with Gasteiger partial charge in [0.1, 0.15) is 0 Å². The van der Waals surface area contributed by atoms with Crippen LogP contribution in [0.15, 0.2) is 0 Å². The maximum Gasteiger partial charge on any atom is 0.0889 e. The van der Waals surface area contributed by atoms with Gasteiger partial charge < -0.3 is 4.74 Å². The Hall–Kier alpha value is -0.0400. The molecule has 0 bridgehead atoms. The summed E-state index contributed by atoms with van der Waals surface area (Å²) in [5.41, 5.74) is 0.208. The third-order valence-electron chi connectivity index (χ3n) is 1.40. The van der Waals surface area contributed by atoms with E-state index in [1.807, 2.05) is 0 Å². The summed E-state index contributed by atoms with van der Waals surface area (Å²) in [5.74, 6) is 0. The van der Waals surface area contributed by atoms with Gasteiger partial charge in [0, 0.05) is 0 Å². The van der Waals surface area contributed by atoms with Crippen LogP contribution in [0, 0.1) is 0 Å². The molecule has 0 radical (unpaired) electrons. The molecule has 44 valence electrons. The molecule has 1 atom stereocenters. The van der Waals surface area contributed by atoms with Crippen LogP contribution in [-0.4, -0.2) is 11.7 Å². The van der Waals surface area contributed by atoms with Crippen molar-refractivity contribution in [2.45, 2.75) is 39.9 Å². The molecular weight excluding hydrogens is 88.1 g/mol. The Labute approximate surface area is 45.7 Å². The lowest BCUT2D eigenvalue weighted by Gasteiger charge is -1.84. The summed E-state index contributed by atoms with van der Waals surface area (Å²) in [6, 6.07) is 0. The molecule has 0 spiro atoms. The van der Waals surface area contributed by atoms with Crippen LogP contribution in [0.5, 0.6) is 0 Å². The minimum Gasteiger partial charge on any atom is -0.367 e. The van der Waals surface area contributed by atoms with E-state index in [-0.39, 0.29) is 13.0 Å². The Morgan fingerprint density at radius 2 is 1.57 bits per heavy atom. The number of ether oxygens (including phenoxy) is 1. The van der Waals surface area contributed by atoms with Gasteiger partial charge in [-0.1, -0.05) is 7.43 Å². The molecule has 0 aromatic rings. The Bertz CT molecular complexity index is 66.6. The summed E-state index contributed by atoms with van der Waals surface area (Å²) in [6.45, 7) is 6.27.